The molecule has 1 rings (SSSR count). The zero-order valence-electron chi connectivity index (χ0n) is 13.4. The molecule has 1 atom stereocenters. The highest BCUT2D eigenvalue weighted by atomic mass is 16.3. The number of rotatable bonds is 7. The summed E-state index contributed by atoms with van der Waals surface area (Å²) < 4.78 is 0. The topological polar surface area (TPSA) is 78.6 Å². The molecule has 0 aliphatic rings. The lowest BCUT2D eigenvalue weighted by Crippen LogP contribution is -2.46. The van der Waals surface area contributed by atoms with Crippen LogP contribution in [0.4, 0.5) is 11.4 Å². The van der Waals surface area contributed by atoms with Crippen molar-refractivity contribution in [1.82, 2.24) is 4.90 Å². The summed E-state index contributed by atoms with van der Waals surface area (Å²) in [5, 5.41) is 11.9. The number of aliphatic hydroxyl groups is 1. The number of hydrogen-bond acceptors (Lipinski definition) is 4. The lowest BCUT2D eigenvalue weighted by molar-refractivity contribution is -0.121. The molecule has 0 aliphatic heterocycles. The Balaban J connectivity index is 2.78. The van der Waals surface area contributed by atoms with Gasteiger partial charge >= 0.3 is 0 Å². The van der Waals surface area contributed by atoms with Crippen LogP contribution in [-0.2, 0) is 4.79 Å². The van der Waals surface area contributed by atoms with Gasteiger partial charge in [0.25, 0.3) is 0 Å². The van der Waals surface area contributed by atoms with Crippen molar-refractivity contribution < 1.29 is 9.90 Å². The number of carbonyl (C=O) groups excluding carboxylic acids is 1. The van der Waals surface area contributed by atoms with Gasteiger partial charge in [0.1, 0.15) is 0 Å². The largest absolute Gasteiger partial charge is 0.399 e. The molecule has 1 aromatic carbocycles. The molecule has 0 bridgehead atoms. The van der Waals surface area contributed by atoms with Crippen LogP contribution in [-0.4, -0.2) is 41.1 Å². The van der Waals surface area contributed by atoms with Crippen LogP contribution in [0.15, 0.2) is 18.2 Å². The summed E-state index contributed by atoms with van der Waals surface area (Å²) in [6.45, 7) is 8.74. The second kappa shape index (κ2) is 8.00. The van der Waals surface area contributed by atoms with Crippen LogP contribution in [0.1, 0.15) is 32.8 Å². The monoisotopic (exact) mass is 293 g/mol. The van der Waals surface area contributed by atoms with Crippen molar-refractivity contribution in [2.75, 3.05) is 24.2 Å². The third-order valence-electron chi connectivity index (χ3n) is 3.63. The molecule has 1 unspecified atom stereocenters. The molecule has 5 heteroatoms. The minimum absolute atomic E-state index is 0.0599. The zero-order chi connectivity index (χ0) is 16.0. The van der Waals surface area contributed by atoms with Gasteiger partial charge in [0.05, 0.1) is 6.04 Å². The number of nitrogen functional groups attached to an aromatic ring is 1. The first kappa shape index (κ1) is 17.5. The van der Waals surface area contributed by atoms with Crippen molar-refractivity contribution in [2.45, 2.75) is 46.2 Å². The molecule has 0 aromatic heterocycles. The molecular formula is C16H27N3O2. The van der Waals surface area contributed by atoms with E-state index in [2.05, 4.69) is 10.2 Å². The number of aliphatic hydroxyl groups excluding tert-OH is 1. The van der Waals surface area contributed by atoms with Crippen LogP contribution in [0.25, 0.3) is 0 Å². The normalized spacial score (nSPS) is 12.7. The summed E-state index contributed by atoms with van der Waals surface area (Å²) in [6.07, 6.45) is 0.660. The molecule has 1 amide bonds. The van der Waals surface area contributed by atoms with Crippen LogP contribution < -0.4 is 11.1 Å². The fraction of sp³-hybridized carbons (Fsp3) is 0.562. The molecule has 0 saturated carbocycles. The average molecular weight is 293 g/mol. The molecule has 0 saturated heterocycles. The second-order valence-corrected chi connectivity index (χ2v) is 5.65. The van der Waals surface area contributed by atoms with Gasteiger partial charge in [0.2, 0.25) is 5.91 Å². The third kappa shape index (κ3) is 5.02. The SMILES string of the molecule is Cc1ccc(N)cc1NC(=O)C(C)N(CCCO)C(C)C. The maximum absolute atomic E-state index is 12.4. The molecule has 118 valence electrons. The van der Waals surface area contributed by atoms with Crippen LogP contribution in [0, 0.1) is 6.92 Å². The standard InChI is InChI=1S/C16H27N3O2/c1-11(2)19(8-5-9-20)13(4)16(21)18-15-10-14(17)7-6-12(15)3/h6-7,10-11,13,20H,5,8-9,17H2,1-4H3,(H,18,21). The Morgan fingerprint density at radius 3 is 2.62 bits per heavy atom. The van der Waals surface area contributed by atoms with E-state index in [0.717, 1.165) is 11.3 Å². The first-order valence-corrected chi connectivity index (χ1v) is 7.40. The number of nitrogens with one attached hydrogen (secondary N) is 1. The van der Waals surface area contributed by atoms with Gasteiger partial charge in [0.15, 0.2) is 0 Å². The molecule has 4 N–H and O–H groups in total. The molecule has 1 aromatic rings. The molecule has 0 spiro atoms. The highest BCUT2D eigenvalue weighted by molar-refractivity contribution is 5.95. The van der Waals surface area contributed by atoms with E-state index in [1.165, 1.54) is 0 Å². The van der Waals surface area contributed by atoms with Crippen LogP contribution in [0.2, 0.25) is 0 Å². The summed E-state index contributed by atoms with van der Waals surface area (Å²) in [7, 11) is 0. The fourth-order valence-corrected chi connectivity index (χ4v) is 2.31. The van der Waals surface area contributed by atoms with Gasteiger partial charge in [-0.2, -0.15) is 0 Å². The van der Waals surface area contributed by atoms with E-state index in [1.54, 1.807) is 6.07 Å². The van der Waals surface area contributed by atoms with E-state index in [0.29, 0.717) is 18.7 Å². The van der Waals surface area contributed by atoms with Crippen molar-refractivity contribution in [1.29, 1.82) is 0 Å². The minimum atomic E-state index is -0.266. The Kier molecular flexibility index (Phi) is 6.65. The summed E-state index contributed by atoms with van der Waals surface area (Å²) in [5.74, 6) is -0.0599. The van der Waals surface area contributed by atoms with Crippen molar-refractivity contribution in [2.24, 2.45) is 0 Å². The highest BCUT2D eigenvalue weighted by Gasteiger charge is 2.23. The van der Waals surface area contributed by atoms with Gasteiger partial charge in [0, 0.05) is 30.6 Å². The Morgan fingerprint density at radius 2 is 2.05 bits per heavy atom. The van der Waals surface area contributed by atoms with Gasteiger partial charge in [-0.15, -0.1) is 0 Å². The van der Waals surface area contributed by atoms with E-state index < -0.39 is 0 Å². The maximum Gasteiger partial charge on any atom is 0.241 e. The number of hydrogen-bond donors (Lipinski definition) is 3. The average Bonchev–Trinajstić information content (AvgIpc) is 2.42. The van der Waals surface area contributed by atoms with Crippen molar-refractivity contribution in [3.8, 4) is 0 Å². The minimum Gasteiger partial charge on any atom is -0.399 e. The smallest absolute Gasteiger partial charge is 0.241 e. The van der Waals surface area contributed by atoms with E-state index in [9.17, 15) is 4.79 Å². The van der Waals surface area contributed by atoms with Gasteiger partial charge in [-0.1, -0.05) is 6.07 Å². The summed E-state index contributed by atoms with van der Waals surface area (Å²) in [6, 6.07) is 5.45. The molecule has 21 heavy (non-hydrogen) atoms. The lowest BCUT2D eigenvalue weighted by Gasteiger charge is -2.31. The fourth-order valence-electron chi connectivity index (χ4n) is 2.31. The van der Waals surface area contributed by atoms with Gasteiger partial charge in [-0.05, 0) is 51.8 Å². The van der Waals surface area contributed by atoms with Gasteiger partial charge < -0.3 is 16.2 Å². The van der Waals surface area contributed by atoms with Crippen LogP contribution in [0.3, 0.4) is 0 Å². The Bertz CT molecular complexity index is 475. The van der Waals surface area contributed by atoms with Crippen LogP contribution in [0.5, 0.6) is 0 Å². The lowest BCUT2D eigenvalue weighted by atomic mass is 10.1. The first-order chi connectivity index (χ1) is 9.86. The number of benzene rings is 1. The van der Waals surface area contributed by atoms with Crippen LogP contribution >= 0.6 is 0 Å². The number of aryl methyl sites for hydroxylation is 1. The number of nitrogens with zero attached hydrogens (tertiary/aromatic N) is 1. The van der Waals surface area contributed by atoms with Gasteiger partial charge in [-0.3, -0.25) is 9.69 Å². The summed E-state index contributed by atoms with van der Waals surface area (Å²) in [5.41, 5.74) is 8.12. The number of anilines is 2. The predicted molar refractivity (Wildman–Crippen MR) is 87.2 cm³/mol. The quantitative estimate of drug-likeness (QED) is 0.672. The number of amides is 1. The van der Waals surface area contributed by atoms with E-state index >= 15 is 0 Å². The Morgan fingerprint density at radius 1 is 1.38 bits per heavy atom. The predicted octanol–water partition coefficient (Wildman–Crippen LogP) is 2.00. The number of carbonyl (C=O) groups is 1. The highest BCUT2D eigenvalue weighted by Crippen LogP contribution is 2.19. The summed E-state index contributed by atoms with van der Waals surface area (Å²) in [4.78, 5) is 14.5. The Hall–Kier alpha value is -1.59. The van der Waals surface area contributed by atoms with Crippen molar-refractivity contribution in [3.63, 3.8) is 0 Å². The van der Waals surface area contributed by atoms with Crippen molar-refractivity contribution in [3.05, 3.63) is 23.8 Å². The first-order valence-electron chi connectivity index (χ1n) is 7.40. The van der Waals surface area contributed by atoms with E-state index in [4.69, 9.17) is 10.8 Å². The second-order valence-electron chi connectivity index (χ2n) is 5.65. The Labute approximate surface area is 127 Å². The maximum atomic E-state index is 12.4. The molecule has 0 heterocycles. The van der Waals surface area contributed by atoms with Crippen molar-refractivity contribution >= 4 is 17.3 Å². The summed E-state index contributed by atoms with van der Waals surface area (Å²) >= 11 is 0. The molecule has 0 radical (unpaired) electrons. The molecule has 0 fully saturated rings. The molecule has 5 nitrogen and oxygen atoms in total. The molecule has 0 aliphatic carbocycles. The van der Waals surface area contributed by atoms with E-state index in [1.807, 2.05) is 39.8 Å². The third-order valence-corrected chi connectivity index (χ3v) is 3.63. The number of nitrogens with two attached hydrogens (primary N) is 1. The zero-order valence-corrected chi connectivity index (χ0v) is 13.4. The van der Waals surface area contributed by atoms with E-state index in [-0.39, 0.29) is 24.6 Å². The molecular weight excluding hydrogens is 266 g/mol. The van der Waals surface area contributed by atoms with Gasteiger partial charge in [-0.25, -0.2) is 0 Å².